The molecule has 1 aromatic carbocycles. The van der Waals surface area contributed by atoms with E-state index < -0.39 is 0 Å². The van der Waals surface area contributed by atoms with Gasteiger partial charge < -0.3 is 20.4 Å². The number of halogens is 1. The van der Waals surface area contributed by atoms with Gasteiger partial charge in [-0.2, -0.15) is 10.4 Å². The van der Waals surface area contributed by atoms with Crippen molar-refractivity contribution in [1.29, 1.82) is 5.26 Å². The van der Waals surface area contributed by atoms with Crippen LogP contribution < -0.4 is 20.4 Å². The predicted molar refractivity (Wildman–Crippen MR) is 176 cm³/mol. The smallest absolute Gasteiger partial charge is 0.226 e. The number of carbonyl (C=O) groups is 1. The molecule has 0 radical (unpaired) electrons. The number of anilines is 2. The third-order valence-corrected chi connectivity index (χ3v) is 8.91. The van der Waals surface area contributed by atoms with Crippen LogP contribution in [0, 0.1) is 16.7 Å². The number of aromatic nitrogens is 4. The summed E-state index contributed by atoms with van der Waals surface area (Å²) in [4.78, 5) is 27.5. The zero-order chi connectivity index (χ0) is 30.0. The van der Waals surface area contributed by atoms with Gasteiger partial charge in [0.2, 0.25) is 5.91 Å². The molecule has 5 heterocycles. The van der Waals surface area contributed by atoms with E-state index >= 15 is 0 Å². The second-order valence-electron chi connectivity index (χ2n) is 11.9. The molecule has 0 saturated carbocycles. The number of nitriles is 1. The fraction of sp³-hybridized carbons (Fsp3) is 0.424. The Kier molecular flexibility index (Phi) is 9.37. The molecule has 44 heavy (non-hydrogen) atoms. The molecular formula is C33H40ClN9O. The van der Waals surface area contributed by atoms with Crippen LogP contribution in [0.3, 0.4) is 0 Å². The molecular weight excluding hydrogens is 574 g/mol. The topological polar surface area (TPSA) is 114 Å². The molecule has 0 bridgehead atoms. The summed E-state index contributed by atoms with van der Waals surface area (Å²) in [6.45, 7) is 11.6. The lowest BCUT2D eigenvalue weighted by Crippen LogP contribution is -2.50. The molecule has 11 heteroatoms. The summed E-state index contributed by atoms with van der Waals surface area (Å²) >= 11 is 0. The number of pyridine rings is 1. The van der Waals surface area contributed by atoms with Gasteiger partial charge in [0.15, 0.2) is 0 Å². The molecule has 2 fully saturated rings. The van der Waals surface area contributed by atoms with E-state index in [1.807, 2.05) is 38.4 Å². The minimum absolute atomic E-state index is 0. The number of piperidine rings is 1. The van der Waals surface area contributed by atoms with Gasteiger partial charge in [-0.25, -0.2) is 14.5 Å². The Morgan fingerprint density at radius 1 is 1.02 bits per heavy atom. The molecule has 1 amide bonds. The van der Waals surface area contributed by atoms with Crippen LogP contribution in [0.4, 0.5) is 11.5 Å². The Morgan fingerprint density at radius 3 is 2.34 bits per heavy atom. The van der Waals surface area contributed by atoms with Gasteiger partial charge in [-0.1, -0.05) is 19.1 Å². The first-order valence-electron chi connectivity index (χ1n) is 15.3. The first kappa shape index (κ1) is 31.2. The number of fused-ring (bicyclic) bond motifs is 1. The van der Waals surface area contributed by atoms with Crippen molar-refractivity contribution in [2.45, 2.75) is 46.1 Å². The summed E-state index contributed by atoms with van der Waals surface area (Å²) in [6.07, 6.45) is 7.72. The zero-order valence-corrected chi connectivity index (χ0v) is 26.4. The molecule has 2 N–H and O–H groups in total. The van der Waals surface area contributed by atoms with E-state index in [4.69, 9.17) is 9.97 Å². The van der Waals surface area contributed by atoms with Crippen LogP contribution in [0.15, 0.2) is 55.0 Å². The molecule has 0 spiro atoms. The maximum absolute atomic E-state index is 13.0. The number of piperazine rings is 1. The van der Waals surface area contributed by atoms with Gasteiger partial charge in [0.1, 0.15) is 23.0 Å². The molecule has 0 aliphatic carbocycles. The first-order valence-corrected chi connectivity index (χ1v) is 15.3. The lowest BCUT2D eigenvalue weighted by molar-refractivity contribution is -0.133. The maximum atomic E-state index is 13.0. The highest BCUT2D eigenvalue weighted by molar-refractivity contribution is 5.85. The average Bonchev–Trinajstić information content (AvgIpc) is 3.48. The van der Waals surface area contributed by atoms with Crippen molar-refractivity contribution in [2.75, 3.05) is 49.1 Å². The van der Waals surface area contributed by atoms with Crippen LogP contribution >= 0.6 is 12.4 Å². The predicted octanol–water partition coefficient (Wildman–Crippen LogP) is 4.68. The van der Waals surface area contributed by atoms with Gasteiger partial charge in [0, 0.05) is 68.3 Å². The van der Waals surface area contributed by atoms with Gasteiger partial charge in [0.05, 0.1) is 29.2 Å². The van der Waals surface area contributed by atoms with Gasteiger partial charge in [-0.05, 0) is 57.4 Å². The molecule has 0 atom stereocenters. The van der Waals surface area contributed by atoms with E-state index in [0.29, 0.717) is 16.8 Å². The molecule has 10 nitrogen and oxygen atoms in total. The average molecular weight is 614 g/mol. The number of hydrogen-bond acceptors (Lipinski definition) is 8. The summed E-state index contributed by atoms with van der Waals surface area (Å²) < 4.78 is 1.74. The SMILES string of the molecule is CCC1(C(=O)NC(C)C)CCN(c2ccc(-c3nc(-c4ccc(N5CCNCC5)cc4)cn4ncc(C#N)c34)cn2)CC1.Cl. The lowest BCUT2D eigenvalue weighted by atomic mass is 9.75. The van der Waals surface area contributed by atoms with Crippen molar-refractivity contribution in [3.63, 3.8) is 0 Å². The highest BCUT2D eigenvalue weighted by atomic mass is 35.5. The van der Waals surface area contributed by atoms with Crippen LogP contribution in [0.1, 0.15) is 45.6 Å². The van der Waals surface area contributed by atoms with Gasteiger partial charge in [-0.15, -0.1) is 12.4 Å². The summed E-state index contributed by atoms with van der Waals surface area (Å²) in [5.41, 5.74) is 5.26. The highest BCUT2D eigenvalue weighted by Crippen LogP contribution is 2.37. The maximum Gasteiger partial charge on any atom is 0.226 e. The Hall–Kier alpha value is -4.20. The first-order chi connectivity index (χ1) is 20.9. The molecule has 4 aromatic rings. The summed E-state index contributed by atoms with van der Waals surface area (Å²) in [5, 5.41) is 20.8. The van der Waals surface area contributed by atoms with E-state index in [0.717, 1.165) is 81.2 Å². The zero-order valence-electron chi connectivity index (χ0n) is 25.6. The fourth-order valence-corrected chi connectivity index (χ4v) is 6.24. The number of rotatable bonds is 7. The molecule has 2 saturated heterocycles. The summed E-state index contributed by atoms with van der Waals surface area (Å²) in [7, 11) is 0. The standard InChI is InChI=1S/C33H39N9O.ClH/c1-4-33(32(43)38-23(2)3)11-15-41(16-12-33)29-10-7-25(20-36-29)30-31-26(19-34)21-37-42(31)22-28(39-30)24-5-8-27(9-6-24)40-17-13-35-14-18-40;/h5-10,20-23,35H,4,11-18H2,1-3H3,(H,38,43);1H. The Balaban J connectivity index is 0.00000384. The number of amides is 1. The quantitative estimate of drug-likeness (QED) is 0.309. The van der Waals surface area contributed by atoms with Crippen LogP contribution in [0.2, 0.25) is 0 Å². The van der Waals surface area contributed by atoms with Gasteiger partial charge >= 0.3 is 0 Å². The second kappa shape index (κ2) is 13.2. The largest absolute Gasteiger partial charge is 0.369 e. The minimum atomic E-state index is -0.324. The van der Waals surface area contributed by atoms with Crippen molar-refractivity contribution >= 4 is 35.3 Å². The molecule has 230 valence electrons. The molecule has 2 aliphatic rings. The van der Waals surface area contributed by atoms with Crippen LogP contribution in [-0.2, 0) is 4.79 Å². The molecule has 6 rings (SSSR count). The molecule has 2 aliphatic heterocycles. The Morgan fingerprint density at radius 2 is 1.73 bits per heavy atom. The third kappa shape index (κ3) is 6.07. The van der Waals surface area contributed by atoms with Crippen LogP contribution in [0.25, 0.3) is 28.0 Å². The third-order valence-electron chi connectivity index (χ3n) is 8.91. The van der Waals surface area contributed by atoms with E-state index in [-0.39, 0.29) is 29.8 Å². The normalized spacial score (nSPS) is 16.4. The Labute approximate surface area is 264 Å². The van der Waals surface area contributed by atoms with Gasteiger partial charge in [-0.3, -0.25) is 4.79 Å². The lowest BCUT2D eigenvalue weighted by Gasteiger charge is -2.41. The number of benzene rings is 1. The van der Waals surface area contributed by atoms with E-state index in [9.17, 15) is 10.1 Å². The van der Waals surface area contributed by atoms with E-state index in [1.54, 1.807) is 10.7 Å². The van der Waals surface area contributed by atoms with Crippen LogP contribution in [-0.4, -0.2) is 70.8 Å². The summed E-state index contributed by atoms with van der Waals surface area (Å²) in [6, 6.07) is 14.9. The second-order valence-corrected chi connectivity index (χ2v) is 11.9. The number of hydrogen-bond donors (Lipinski definition) is 2. The molecule has 3 aromatic heterocycles. The van der Waals surface area contributed by atoms with E-state index in [1.165, 1.54) is 5.69 Å². The van der Waals surface area contributed by atoms with E-state index in [2.05, 4.69) is 62.8 Å². The van der Waals surface area contributed by atoms with Crippen LogP contribution in [0.5, 0.6) is 0 Å². The number of nitrogens with one attached hydrogen (secondary N) is 2. The molecule has 0 unspecified atom stereocenters. The number of carbonyl (C=O) groups excluding carboxylic acids is 1. The van der Waals surface area contributed by atoms with Crippen molar-refractivity contribution in [3.8, 4) is 28.6 Å². The van der Waals surface area contributed by atoms with Crippen molar-refractivity contribution < 1.29 is 4.79 Å². The summed E-state index contributed by atoms with van der Waals surface area (Å²) in [5.74, 6) is 1.04. The monoisotopic (exact) mass is 613 g/mol. The number of nitrogens with zero attached hydrogens (tertiary/aromatic N) is 7. The Bertz CT molecular complexity index is 1630. The fourth-order valence-electron chi connectivity index (χ4n) is 6.24. The van der Waals surface area contributed by atoms with Crippen molar-refractivity contribution in [3.05, 3.63) is 60.6 Å². The van der Waals surface area contributed by atoms with Crippen molar-refractivity contribution in [1.82, 2.24) is 30.2 Å². The van der Waals surface area contributed by atoms with Crippen molar-refractivity contribution in [2.24, 2.45) is 5.41 Å². The highest BCUT2D eigenvalue weighted by Gasteiger charge is 2.40. The van der Waals surface area contributed by atoms with Gasteiger partial charge in [0.25, 0.3) is 0 Å². The minimum Gasteiger partial charge on any atom is -0.369 e.